The third-order valence-electron chi connectivity index (χ3n) is 2.91. The first-order valence-corrected chi connectivity index (χ1v) is 6.52. The molecule has 0 spiro atoms. The number of ether oxygens (including phenoxy) is 1. The summed E-state index contributed by atoms with van der Waals surface area (Å²) >= 11 is 0. The second-order valence-electron chi connectivity index (χ2n) is 4.52. The van der Waals surface area contributed by atoms with E-state index < -0.39 is 6.04 Å². The van der Waals surface area contributed by atoms with Gasteiger partial charge in [-0.15, -0.1) is 0 Å². The summed E-state index contributed by atoms with van der Waals surface area (Å²) in [6, 6.07) is 6.81. The first-order chi connectivity index (χ1) is 9.19. The van der Waals surface area contributed by atoms with Gasteiger partial charge in [0.05, 0.1) is 6.61 Å². The van der Waals surface area contributed by atoms with E-state index in [0.29, 0.717) is 25.1 Å². The van der Waals surface area contributed by atoms with E-state index in [1.54, 1.807) is 12.1 Å². The summed E-state index contributed by atoms with van der Waals surface area (Å²) < 4.78 is 5.46. The lowest BCUT2D eigenvalue weighted by molar-refractivity contribution is -0.122. The number of carbonyl (C=O) groups excluding carboxylic acids is 2. The van der Waals surface area contributed by atoms with Crippen LogP contribution in [0.15, 0.2) is 24.3 Å². The summed E-state index contributed by atoms with van der Waals surface area (Å²) in [5, 5.41) is 5.42. The number of amides is 2. The standard InChI is InChI=1S/C14H18N2O3/c1-2-9-19-11-5-3-10(4-6-11)15-14(18)12-7-8-13(17)16-12/h3-6,12H,2,7-9H2,1H3,(H,15,18)(H,16,17). The fourth-order valence-corrected chi connectivity index (χ4v) is 1.89. The van der Waals surface area contributed by atoms with E-state index in [1.807, 2.05) is 19.1 Å². The van der Waals surface area contributed by atoms with Crippen LogP contribution < -0.4 is 15.4 Å². The molecule has 1 heterocycles. The summed E-state index contributed by atoms with van der Waals surface area (Å²) in [4.78, 5) is 22.9. The Hall–Kier alpha value is -2.04. The molecular formula is C14H18N2O3. The van der Waals surface area contributed by atoms with Gasteiger partial charge in [0.1, 0.15) is 11.8 Å². The molecule has 0 aromatic heterocycles. The first-order valence-electron chi connectivity index (χ1n) is 6.52. The van der Waals surface area contributed by atoms with Crippen molar-refractivity contribution in [1.29, 1.82) is 0 Å². The first kappa shape index (κ1) is 13.4. The quantitative estimate of drug-likeness (QED) is 0.848. The molecule has 19 heavy (non-hydrogen) atoms. The van der Waals surface area contributed by atoms with Crippen molar-refractivity contribution in [3.8, 4) is 5.75 Å². The highest BCUT2D eigenvalue weighted by Crippen LogP contribution is 2.17. The van der Waals surface area contributed by atoms with Crippen molar-refractivity contribution < 1.29 is 14.3 Å². The normalized spacial score (nSPS) is 17.9. The minimum absolute atomic E-state index is 0.0662. The number of anilines is 1. The average molecular weight is 262 g/mol. The third-order valence-corrected chi connectivity index (χ3v) is 2.91. The molecule has 0 saturated carbocycles. The largest absolute Gasteiger partial charge is 0.494 e. The Bertz CT molecular complexity index is 456. The van der Waals surface area contributed by atoms with E-state index in [4.69, 9.17) is 4.74 Å². The molecule has 1 aliphatic heterocycles. The number of rotatable bonds is 5. The molecule has 2 rings (SSSR count). The summed E-state index contributed by atoms with van der Waals surface area (Å²) in [6.07, 6.45) is 1.93. The second-order valence-corrected chi connectivity index (χ2v) is 4.52. The van der Waals surface area contributed by atoms with Crippen LogP contribution in [0, 0.1) is 0 Å². The van der Waals surface area contributed by atoms with Gasteiger partial charge in [0.15, 0.2) is 0 Å². The molecule has 0 radical (unpaired) electrons. The highest BCUT2D eigenvalue weighted by molar-refractivity contribution is 5.98. The van der Waals surface area contributed by atoms with Crippen molar-refractivity contribution in [3.05, 3.63) is 24.3 Å². The highest BCUT2D eigenvalue weighted by atomic mass is 16.5. The van der Waals surface area contributed by atoms with Gasteiger partial charge < -0.3 is 15.4 Å². The average Bonchev–Trinajstić information content (AvgIpc) is 2.85. The van der Waals surface area contributed by atoms with Gasteiger partial charge in [-0.05, 0) is 37.1 Å². The summed E-state index contributed by atoms with van der Waals surface area (Å²) in [6.45, 7) is 2.73. The summed E-state index contributed by atoms with van der Waals surface area (Å²) in [7, 11) is 0. The van der Waals surface area contributed by atoms with Crippen molar-refractivity contribution in [3.63, 3.8) is 0 Å². The van der Waals surface area contributed by atoms with Gasteiger partial charge in [0.25, 0.3) is 0 Å². The van der Waals surface area contributed by atoms with Gasteiger partial charge in [-0.1, -0.05) is 6.92 Å². The topological polar surface area (TPSA) is 67.4 Å². The zero-order valence-electron chi connectivity index (χ0n) is 10.9. The fraction of sp³-hybridized carbons (Fsp3) is 0.429. The van der Waals surface area contributed by atoms with E-state index in [1.165, 1.54) is 0 Å². The maximum Gasteiger partial charge on any atom is 0.246 e. The Balaban J connectivity index is 1.88. The van der Waals surface area contributed by atoms with Crippen molar-refractivity contribution in [1.82, 2.24) is 5.32 Å². The predicted molar refractivity (Wildman–Crippen MR) is 72.0 cm³/mol. The number of benzene rings is 1. The van der Waals surface area contributed by atoms with Crippen molar-refractivity contribution in [2.75, 3.05) is 11.9 Å². The molecule has 5 heteroatoms. The smallest absolute Gasteiger partial charge is 0.246 e. The minimum atomic E-state index is -0.413. The monoisotopic (exact) mass is 262 g/mol. The van der Waals surface area contributed by atoms with Crippen LogP contribution in [0.2, 0.25) is 0 Å². The van der Waals surface area contributed by atoms with Crippen LogP contribution in [0.4, 0.5) is 5.69 Å². The maximum absolute atomic E-state index is 11.9. The maximum atomic E-state index is 11.9. The van der Waals surface area contributed by atoms with E-state index in [-0.39, 0.29) is 11.8 Å². The molecule has 1 saturated heterocycles. The summed E-state index contributed by atoms with van der Waals surface area (Å²) in [5.74, 6) is 0.547. The molecule has 1 fully saturated rings. The Labute approximate surface area is 112 Å². The predicted octanol–water partition coefficient (Wildman–Crippen LogP) is 1.69. The van der Waals surface area contributed by atoms with Crippen molar-refractivity contribution in [2.45, 2.75) is 32.2 Å². The number of hydrogen-bond acceptors (Lipinski definition) is 3. The van der Waals surface area contributed by atoms with Crippen LogP contribution in [0.3, 0.4) is 0 Å². The molecule has 1 aromatic carbocycles. The van der Waals surface area contributed by atoms with Crippen LogP contribution in [-0.2, 0) is 9.59 Å². The van der Waals surface area contributed by atoms with Crippen LogP contribution >= 0.6 is 0 Å². The minimum Gasteiger partial charge on any atom is -0.494 e. The van der Waals surface area contributed by atoms with Crippen LogP contribution in [0.1, 0.15) is 26.2 Å². The zero-order valence-corrected chi connectivity index (χ0v) is 10.9. The lowest BCUT2D eigenvalue weighted by Crippen LogP contribution is -2.37. The summed E-state index contributed by atoms with van der Waals surface area (Å²) in [5.41, 5.74) is 0.704. The van der Waals surface area contributed by atoms with Gasteiger partial charge in [0.2, 0.25) is 11.8 Å². The SMILES string of the molecule is CCCOc1ccc(NC(=O)C2CCC(=O)N2)cc1. The molecule has 1 unspecified atom stereocenters. The second kappa shape index (κ2) is 6.22. The highest BCUT2D eigenvalue weighted by Gasteiger charge is 2.26. The molecular weight excluding hydrogens is 244 g/mol. The van der Waals surface area contributed by atoms with Gasteiger partial charge in [-0.3, -0.25) is 9.59 Å². The lowest BCUT2D eigenvalue weighted by atomic mass is 10.2. The van der Waals surface area contributed by atoms with Gasteiger partial charge in [-0.25, -0.2) is 0 Å². The molecule has 1 aromatic rings. The van der Waals surface area contributed by atoms with Gasteiger partial charge in [0, 0.05) is 12.1 Å². The van der Waals surface area contributed by atoms with E-state index in [9.17, 15) is 9.59 Å². The molecule has 2 N–H and O–H groups in total. The molecule has 1 aliphatic rings. The Morgan fingerprint density at radius 3 is 2.74 bits per heavy atom. The van der Waals surface area contributed by atoms with Gasteiger partial charge in [-0.2, -0.15) is 0 Å². The Morgan fingerprint density at radius 1 is 1.42 bits per heavy atom. The molecule has 5 nitrogen and oxygen atoms in total. The number of carbonyl (C=O) groups is 2. The molecule has 0 bridgehead atoms. The lowest BCUT2D eigenvalue weighted by Gasteiger charge is -2.11. The molecule has 102 valence electrons. The van der Waals surface area contributed by atoms with E-state index >= 15 is 0 Å². The number of nitrogens with one attached hydrogen (secondary N) is 2. The molecule has 2 amide bonds. The number of hydrogen-bond donors (Lipinski definition) is 2. The Morgan fingerprint density at radius 2 is 2.16 bits per heavy atom. The van der Waals surface area contributed by atoms with Crippen LogP contribution in [-0.4, -0.2) is 24.5 Å². The van der Waals surface area contributed by atoms with Crippen LogP contribution in [0.5, 0.6) is 5.75 Å². The van der Waals surface area contributed by atoms with E-state index in [0.717, 1.165) is 12.2 Å². The van der Waals surface area contributed by atoms with E-state index in [2.05, 4.69) is 10.6 Å². The van der Waals surface area contributed by atoms with Crippen molar-refractivity contribution >= 4 is 17.5 Å². The van der Waals surface area contributed by atoms with Crippen molar-refractivity contribution in [2.24, 2.45) is 0 Å². The molecule has 1 atom stereocenters. The third kappa shape index (κ3) is 3.71. The Kier molecular flexibility index (Phi) is 4.39. The zero-order chi connectivity index (χ0) is 13.7. The molecule has 0 aliphatic carbocycles. The van der Waals surface area contributed by atoms with Crippen LogP contribution in [0.25, 0.3) is 0 Å². The fourth-order valence-electron chi connectivity index (χ4n) is 1.89. The van der Waals surface area contributed by atoms with Gasteiger partial charge >= 0.3 is 0 Å².